The largest absolute Gasteiger partial charge is 0.454 e. The number of amides is 1. The van der Waals surface area contributed by atoms with Crippen molar-refractivity contribution in [3.05, 3.63) is 42.2 Å². The Morgan fingerprint density at radius 1 is 1.18 bits per heavy atom. The van der Waals surface area contributed by atoms with E-state index in [1.807, 2.05) is 35.4 Å². The molecule has 5 rings (SSSR count). The SMILES string of the molecule is O=C(C1CCCCC1)N(Cc1cccnc1)c1nc2cc3c(cc2s1)OCO3. The lowest BCUT2D eigenvalue weighted by atomic mass is 9.88. The van der Waals surface area contributed by atoms with Crippen LogP contribution in [0.25, 0.3) is 10.2 Å². The smallest absolute Gasteiger partial charge is 0.232 e. The maximum atomic E-state index is 13.4. The van der Waals surface area contributed by atoms with Crippen LogP contribution in [0.1, 0.15) is 37.7 Å². The van der Waals surface area contributed by atoms with Gasteiger partial charge in [0.1, 0.15) is 0 Å². The van der Waals surface area contributed by atoms with Gasteiger partial charge in [-0.05, 0) is 24.5 Å². The highest BCUT2D eigenvalue weighted by Gasteiger charge is 2.29. The molecular formula is C21H21N3O3S. The zero-order chi connectivity index (χ0) is 18.9. The molecule has 1 amide bonds. The Hall–Kier alpha value is -2.67. The fourth-order valence-corrected chi connectivity index (χ4v) is 4.89. The van der Waals surface area contributed by atoms with Crippen molar-refractivity contribution in [1.82, 2.24) is 9.97 Å². The lowest BCUT2D eigenvalue weighted by molar-refractivity contribution is -0.123. The van der Waals surface area contributed by atoms with Crippen LogP contribution in [0, 0.1) is 5.92 Å². The molecule has 2 aromatic heterocycles. The molecule has 1 saturated carbocycles. The Morgan fingerprint density at radius 2 is 2.00 bits per heavy atom. The van der Waals surface area contributed by atoms with E-state index in [1.54, 1.807) is 6.20 Å². The summed E-state index contributed by atoms with van der Waals surface area (Å²) in [5.41, 5.74) is 1.83. The van der Waals surface area contributed by atoms with E-state index in [0.29, 0.717) is 12.3 Å². The first-order valence-electron chi connectivity index (χ1n) is 9.68. The van der Waals surface area contributed by atoms with Crippen molar-refractivity contribution < 1.29 is 14.3 Å². The van der Waals surface area contributed by atoms with E-state index in [1.165, 1.54) is 17.8 Å². The predicted octanol–water partition coefficient (Wildman–Crippen LogP) is 4.53. The van der Waals surface area contributed by atoms with Crippen LogP contribution in [0.5, 0.6) is 11.5 Å². The van der Waals surface area contributed by atoms with Crippen molar-refractivity contribution >= 4 is 32.6 Å². The van der Waals surface area contributed by atoms with Crippen LogP contribution in [0.4, 0.5) is 5.13 Å². The number of aromatic nitrogens is 2. The van der Waals surface area contributed by atoms with Crippen LogP contribution < -0.4 is 14.4 Å². The molecule has 0 spiro atoms. The summed E-state index contributed by atoms with van der Waals surface area (Å²) in [6, 6.07) is 7.74. The molecule has 2 aliphatic rings. The standard InChI is InChI=1S/C21H21N3O3S/c25-20(15-6-2-1-3-7-15)24(12-14-5-4-8-22-11-14)21-23-16-9-17-18(27-13-26-17)10-19(16)28-21/h4-5,8-11,15H,1-3,6-7,12-13H2. The monoisotopic (exact) mass is 395 g/mol. The fraction of sp³-hybridized carbons (Fsp3) is 0.381. The molecule has 3 aromatic rings. The molecule has 0 N–H and O–H groups in total. The Kier molecular flexibility index (Phi) is 4.60. The second kappa shape index (κ2) is 7.39. The molecular weight excluding hydrogens is 374 g/mol. The van der Waals surface area contributed by atoms with Gasteiger partial charge >= 0.3 is 0 Å². The van der Waals surface area contributed by atoms with Gasteiger partial charge in [-0.2, -0.15) is 0 Å². The van der Waals surface area contributed by atoms with Crippen LogP contribution in [0.2, 0.25) is 0 Å². The third-order valence-corrected chi connectivity index (χ3v) is 6.43. The number of carbonyl (C=O) groups is 1. The van der Waals surface area contributed by atoms with E-state index in [4.69, 9.17) is 14.5 Å². The van der Waals surface area contributed by atoms with E-state index in [2.05, 4.69) is 4.98 Å². The summed E-state index contributed by atoms with van der Waals surface area (Å²) in [6.45, 7) is 0.725. The van der Waals surface area contributed by atoms with Crippen molar-refractivity contribution in [1.29, 1.82) is 0 Å². The normalized spacial score (nSPS) is 16.4. The van der Waals surface area contributed by atoms with E-state index < -0.39 is 0 Å². The summed E-state index contributed by atoms with van der Waals surface area (Å²) in [4.78, 5) is 24.2. The van der Waals surface area contributed by atoms with Gasteiger partial charge in [0.25, 0.3) is 0 Å². The van der Waals surface area contributed by atoms with Gasteiger partial charge in [0.05, 0.1) is 16.8 Å². The minimum absolute atomic E-state index is 0.0779. The number of thiazole rings is 1. The molecule has 0 atom stereocenters. The van der Waals surface area contributed by atoms with Gasteiger partial charge in [-0.3, -0.25) is 14.7 Å². The van der Waals surface area contributed by atoms with Gasteiger partial charge in [0.15, 0.2) is 16.6 Å². The highest BCUT2D eigenvalue weighted by atomic mass is 32.1. The van der Waals surface area contributed by atoms with E-state index in [9.17, 15) is 4.79 Å². The summed E-state index contributed by atoms with van der Waals surface area (Å²) in [6.07, 6.45) is 8.95. The second-order valence-corrected chi connectivity index (χ2v) is 8.30. The number of hydrogen-bond acceptors (Lipinski definition) is 6. The Balaban J connectivity index is 1.51. The Bertz CT molecular complexity index is 958. The number of pyridine rings is 1. The van der Waals surface area contributed by atoms with Gasteiger partial charge in [-0.15, -0.1) is 0 Å². The number of hydrogen-bond donors (Lipinski definition) is 0. The lowest BCUT2D eigenvalue weighted by Crippen LogP contribution is -2.36. The molecule has 1 aromatic carbocycles. The molecule has 7 heteroatoms. The van der Waals surface area contributed by atoms with Crippen molar-refractivity contribution in [2.75, 3.05) is 11.7 Å². The summed E-state index contributed by atoms with van der Waals surface area (Å²) in [7, 11) is 0. The van der Waals surface area contributed by atoms with Crippen LogP contribution in [0.15, 0.2) is 36.7 Å². The van der Waals surface area contributed by atoms with Gasteiger partial charge in [-0.25, -0.2) is 4.98 Å². The maximum absolute atomic E-state index is 13.4. The maximum Gasteiger partial charge on any atom is 0.232 e. The topological polar surface area (TPSA) is 64.6 Å². The molecule has 0 unspecified atom stereocenters. The molecule has 0 radical (unpaired) electrons. The molecule has 28 heavy (non-hydrogen) atoms. The predicted molar refractivity (Wildman–Crippen MR) is 108 cm³/mol. The molecule has 3 heterocycles. The molecule has 144 valence electrons. The van der Waals surface area contributed by atoms with Crippen LogP contribution in [-0.4, -0.2) is 22.7 Å². The Morgan fingerprint density at radius 3 is 2.79 bits per heavy atom. The van der Waals surface area contributed by atoms with Gasteiger partial charge in [0, 0.05) is 30.4 Å². The molecule has 0 saturated heterocycles. The average Bonchev–Trinajstić information content (AvgIpc) is 3.36. The zero-order valence-corrected chi connectivity index (χ0v) is 16.3. The molecule has 1 aliphatic carbocycles. The zero-order valence-electron chi connectivity index (χ0n) is 15.5. The number of ether oxygens (including phenoxy) is 2. The van der Waals surface area contributed by atoms with Crippen molar-refractivity contribution in [3.8, 4) is 11.5 Å². The average molecular weight is 395 g/mol. The van der Waals surface area contributed by atoms with E-state index >= 15 is 0 Å². The highest BCUT2D eigenvalue weighted by molar-refractivity contribution is 7.22. The highest BCUT2D eigenvalue weighted by Crippen LogP contribution is 2.40. The van der Waals surface area contributed by atoms with Crippen LogP contribution in [-0.2, 0) is 11.3 Å². The first kappa shape index (κ1) is 17.4. The van der Waals surface area contributed by atoms with Crippen LogP contribution in [0.3, 0.4) is 0 Å². The number of anilines is 1. The number of benzene rings is 1. The fourth-order valence-electron chi connectivity index (χ4n) is 3.91. The summed E-state index contributed by atoms with van der Waals surface area (Å²) < 4.78 is 11.9. The number of rotatable bonds is 4. The molecule has 1 aliphatic heterocycles. The Labute approximate surface area is 167 Å². The number of carbonyl (C=O) groups excluding carboxylic acids is 1. The minimum atomic E-state index is 0.0779. The van der Waals surface area contributed by atoms with Gasteiger partial charge in [0.2, 0.25) is 12.7 Å². The van der Waals surface area contributed by atoms with Gasteiger partial charge < -0.3 is 9.47 Å². The third-order valence-electron chi connectivity index (χ3n) is 5.39. The number of nitrogens with zero attached hydrogens (tertiary/aromatic N) is 3. The summed E-state index contributed by atoms with van der Waals surface area (Å²) in [5.74, 6) is 1.69. The van der Waals surface area contributed by atoms with Gasteiger partial charge in [-0.1, -0.05) is 36.7 Å². The third kappa shape index (κ3) is 3.30. The summed E-state index contributed by atoms with van der Waals surface area (Å²) >= 11 is 1.52. The summed E-state index contributed by atoms with van der Waals surface area (Å²) in [5, 5.41) is 0.720. The van der Waals surface area contributed by atoms with Crippen molar-refractivity contribution in [2.24, 2.45) is 5.92 Å². The number of fused-ring (bicyclic) bond motifs is 2. The van der Waals surface area contributed by atoms with Crippen molar-refractivity contribution in [3.63, 3.8) is 0 Å². The first-order valence-corrected chi connectivity index (χ1v) is 10.5. The quantitative estimate of drug-likeness (QED) is 0.649. The van der Waals surface area contributed by atoms with E-state index in [0.717, 1.165) is 52.3 Å². The van der Waals surface area contributed by atoms with Crippen LogP contribution >= 0.6 is 11.3 Å². The molecule has 1 fully saturated rings. The molecule has 0 bridgehead atoms. The minimum Gasteiger partial charge on any atom is -0.454 e. The first-order chi connectivity index (χ1) is 13.8. The van der Waals surface area contributed by atoms with E-state index in [-0.39, 0.29) is 18.6 Å². The molecule has 6 nitrogen and oxygen atoms in total. The van der Waals surface area contributed by atoms with Crippen molar-refractivity contribution in [2.45, 2.75) is 38.6 Å². The lowest BCUT2D eigenvalue weighted by Gasteiger charge is -2.27. The second-order valence-electron chi connectivity index (χ2n) is 7.29.